The van der Waals surface area contributed by atoms with Crippen LogP contribution >= 0.6 is 11.6 Å². The van der Waals surface area contributed by atoms with Crippen LogP contribution in [0.25, 0.3) is 10.8 Å². The minimum Gasteiger partial charge on any atom is -0.480 e. The van der Waals surface area contributed by atoms with Crippen molar-refractivity contribution in [2.45, 2.75) is 186 Å². The molecule has 1 aliphatic heterocycles. The number of likely N-dealkylation sites (N-methyl/N-ethyl adjacent to an activating group) is 1. The second-order valence-corrected chi connectivity index (χ2v) is 29.2. The van der Waals surface area contributed by atoms with Crippen molar-refractivity contribution in [2.75, 3.05) is 37.4 Å². The second kappa shape index (κ2) is 43.2. The van der Waals surface area contributed by atoms with Crippen molar-refractivity contribution in [1.82, 2.24) is 68.0 Å². The normalized spacial score (nSPS) is 14.9. The Morgan fingerprint density at radius 2 is 1.02 bits per heavy atom. The highest BCUT2D eigenvalue weighted by Crippen LogP contribution is 2.23. The van der Waals surface area contributed by atoms with Crippen molar-refractivity contribution in [3.63, 3.8) is 0 Å². The van der Waals surface area contributed by atoms with Crippen molar-refractivity contribution in [2.24, 2.45) is 5.92 Å². The van der Waals surface area contributed by atoms with E-state index in [-0.39, 0.29) is 62.6 Å². The summed E-state index contributed by atoms with van der Waals surface area (Å²) in [6.45, 7) is 12.0. The van der Waals surface area contributed by atoms with Crippen LogP contribution in [0.4, 0.5) is 11.4 Å². The van der Waals surface area contributed by atoms with Crippen LogP contribution < -0.4 is 63.8 Å². The quantitative estimate of drug-likeness (QED) is 0.0193. The molecule has 10 atom stereocenters. The summed E-state index contributed by atoms with van der Waals surface area (Å²) < 4.78 is 0. The molecule has 7 rings (SSSR count). The molecule has 0 unspecified atom stereocenters. The minimum atomic E-state index is -2.07. The summed E-state index contributed by atoms with van der Waals surface area (Å²) in [7, 11) is 1.17. The number of carboxylic acid groups (broad SMARTS) is 1. The summed E-state index contributed by atoms with van der Waals surface area (Å²) >= 11 is 6.26. The number of hydrogen-bond donors (Lipinski definition) is 14. The summed E-state index contributed by atoms with van der Waals surface area (Å²) in [5.74, 6) is -12.3. The van der Waals surface area contributed by atoms with Gasteiger partial charge in [0, 0.05) is 100 Å². The molecule has 0 saturated carbocycles. The lowest BCUT2D eigenvalue weighted by molar-refractivity contribution is -0.144. The zero-order chi connectivity index (χ0) is 82.6. The molecule has 5 aromatic carbocycles. The number of aliphatic hydroxyl groups is 1. The lowest BCUT2D eigenvalue weighted by Crippen LogP contribution is -2.64. The number of nitrogens with one attached hydrogen (secondary N) is 12. The van der Waals surface area contributed by atoms with E-state index in [4.69, 9.17) is 11.6 Å². The van der Waals surface area contributed by atoms with E-state index < -0.39 is 156 Å². The van der Waals surface area contributed by atoms with Gasteiger partial charge in [-0.15, -0.1) is 0 Å². The Kier molecular flexibility index (Phi) is 33.8. The molecule has 14 N–H and O–H groups in total. The number of fused-ring (bicyclic) bond motifs is 1. The van der Waals surface area contributed by atoms with Crippen LogP contribution in [0.5, 0.6) is 0 Å². The molecule has 6 aromatic rings. The molecule has 0 aliphatic carbocycles. The van der Waals surface area contributed by atoms with Gasteiger partial charge in [-0.1, -0.05) is 112 Å². The van der Waals surface area contributed by atoms with E-state index >= 15 is 9.59 Å². The average Bonchev–Trinajstić information content (AvgIpc) is 1.81. The Bertz CT molecular complexity index is 4340. The van der Waals surface area contributed by atoms with Gasteiger partial charge in [0.25, 0.3) is 11.8 Å². The van der Waals surface area contributed by atoms with Gasteiger partial charge in [-0.25, -0.2) is 0 Å². The molecule has 0 radical (unpaired) electrons. The lowest BCUT2D eigenvalue weighted by Gasteiger charge is -2.33. The van der Waals surface area contributed by atoms with Crippen LogP contribution in [0.2, 0.25) is 5.02 Å². The number of anilines is 2. The number of halogens is 1. The van der Waals surface area contributed by atoms with E-state index in [0.29, 0.717) is 64.5 Å². The third-order valence-corrected chi connectivity index (χ3v) is 18.8. The van der Waals surface area contributed by atoms with Crippen molar-refractivity contribution < 1.29 is 77.3 Å². The molecule has 32 heteroatoms. The van der Waals surface area contributed by atoms with E-state index in [1.54, 1.807) is 50.2 Å². The third kappa shape index (κ3) is 27.9. The second-order valence-electron chi connectivity index (χ2n) is 28.7. The first-order valence-electron chi connectivity index (χ1n) is 37.5. The van der Waals surface area contributed by atoms with Gasteiger partial charge < -0.3 is 83.8 Å². The molecule has 0 bridgehead atoms. The number of unbranched alkanes of at least 4 members (excludes halogenated alkanes) is 1. The zero-order valence-electron chi connectivity index (χ0n) is 64.7. The maximum atomic E-state index is 15.4. The molecule has 1 saturated heterocycles. The van der Waals surface area contributed by atoms with Gasteiger partial charge in [-0.2, -0.15) is 0 Å². The Labute approximate surface area is 660 Å². The summed E-state index contributed by atoms with van der Waals surface area (Å²) in [6.07, 6.45) is 1.46. The Morgan fingerprint density at radius 3 is 1.56 bits per heavy atom. The van der Waals surface area contributed by atoms with Gasteiger partial charge in [0.2, 0.25) is 65.0 Å². The van der Waals surface area contributed by atoms with Crippen LogP contribution in [0.3, 0.4) is 0 Å². The number of carboxylic acids is 1. The number of amides is 13. The van der Waals surface area contributed by atoms with Gasteiger partial charge >= 0.3 is 5.97 Å². The highest BCUT2D eigenvalue weighted by Gasteiger charge is 2.41. The number of carbonyl (C=O) groups is 14. The maximum Gasteiger partial charge on any atom is 0.325 e. The third-order valence-electron chi connectivity index (χ3n) is 18.6. The number of aliphatic hydroxyl groups excluding tert-OH is 1. The number of pyridine rings is 1. The number of aliphatic carboxylic acids is 1. The fourth-order valence-corrected chi connectivity index (χ4v) is 12.9. The highest BCUT2D eigenvalue weighted by atomic mass is 35.5. The molecular weight excluding hydrogens is 1470 g/mol. The lowest BCUT2D eigenvalue weighted by atomic mass is 9.99. The standard InChI is InChI=1S/C81H102ClN15O16/c1-46(2)38-63(71(102)89-62(19-12-13-36-84-47(3)4)80(111)97-37-15-20-69(97)77(108)85-48(5)81(112)113)93-78(109)70(96(9)79(110)57-27-33-61(34-28-57)87-50(7)100)95-75(106)66(41-53-24-31-60(32-25-53)86-49(6)99)92-76(107)68(45-98)94-74(105)67(43-55-16-14-35-83-44-55)91-73(104)65(40-52-22-29-59(82)30-23-52)90-72(103)64(88-51(8)101)42-54-21-26-56-17-10-11-18-58(56)39-54/h10-11,14,16-18,21-35,39,44,46-48,62-70,84,98H,12-13,15,19-20,36-38,40-43,45H2,1-9H3,(H,85,108)(H,86,99)(H,87,100)(H,88,101)(H,89,102)(H,90,103)(H,91,104)(H,92,107)(H,93,109)(H,94,105)(H,95,106)(H,112,113)/t48-,62+,63+,64-,65-,66+,67-,68+,69+,70+/m1/s1. The number of rotatable bonds is 40. The fourth-order valence-electron chi connectivity index (χ4n) is 12.8. The van der Waals surface area contributed by atoms with E-state index in [1.807, 2.05) is 56.3 Å². The van der Waals surface area contributed by atoms with Crippen molar-refractivity contribution >= 4 is 117 Å². The number of aromatic nitrogens is 1. The van der Waals surface area contributed by atoms with E-state index in [0.717, 1.165) is 15.7 Å². The Balaban J connectivity index is 1.21. The molecule has 2 heterocycles. The van der Waals surface area contributed by atoms with Crippen LogP contribution in [0.1, 0.15) is 127 Å². The summed E-state index contributed by atoms with van der Waals surface area (Å²) in [4.78, 5) is 203. The van der Waals surface area contributed by atoms with Gasteiger partial charge in [-0.3, -0.25) is 72.1 Å². The molecule has 31 nitrogen and oxygen atoms in total. The first kappa shape index (κ1) is 88.5. The highest BCUT2D eigenvalue weighted by molar-refractivity contribution is 6.30. The van der Waals surface area contributed by atoms with Crippen molar-refractivity contribution in [3.05, 3.63) is 173 Å². The van der Waals surface area contributed by atoms with Crippen LogP contribution in [-0.2, 0) is 88.0 Å². The topological polar surface area (TPSA) is 443 Å². The molecule has 1 aromatic heterocycles. The van der Waals surface area contributed by atoms with Crippen LogP contribution in [0, 0.1) is 5.92 Å². The van der Waals surface area contributed by atoms with Gasteiger partial charge in [0.1, 0.15) is 54.4 Å². The molecule has 113 heavy (non-hydrogen) atoms. The Hall–Kier alpha value is -11.7. The number of benzene rings is 5. The number of hydrogen-bond acceptors (Lipinski definition) is 17. The predicted molar refractivity (Wildman–Crippen MR) is 423 cm³/mol. The largest absolute Gasteiger partial charge is 0.480 e. The zero-order valence-corrected chi connectivity index (χ0v) is 65.5. The molecule has 13 amide bonds. The number of likely N-dealkylation sites (tertiary alicyclic amines) is 1. The Morgan fingerprint density at radius 1 is 0.522 bits per heavy atom. The summed E-state index contributed by atoms with van der Waals surface area (Å²) in [5.41, 5.74) is 2.54. The number of nitrogens with zero attached hydrogens (tertiary/aromatic N) is 3. The number of carbonyl (C=O) groups excluding carboxylic acids is 13. The fraction of sp³-hybridized carbons (Fsp3) is 0.420. The average molecular weight is 1580 g/mol. The molecule has 604 valence electrons. The van der Waals surface area contributed by atoms with Crippen LogP contribution in [0.15, 0.2) is 140 Å². The monoisotopic (exact) mass is 1580 g/mol. The van der Waals surface area contributed by atoms with Crippen molar-refractivity contribution in [3.8, 4) is 0 Å². The molecule has 1 aliphatic rings. The van der Waals surface area contributed by atoms with Crippen molar-refractivity contribution in [1.29, 1.82) is 0 Å². The first-order valence-corrected chi connectivity index (χ1v) is 37.8. The van der Waals surface area contributed by atoms with Gasteiger partial charge in [0.05, 0.1) is 6.61 Å². The first-order chi connectivity index (χ1) is 53.7. The van der Waals surface area contributed by atoms with Crippen LogP contribution in [-0.4, -0.2) is 201 Å². The minimum absolute atomic E-state index is 0.00978. The smallest absolute Gasteiger partial charge is 0.325 e. The predicted octanol–water partition coefficient (Wildman–Crippen LogP) is 3.49. The summed E-state index contributed by atoms with van der Waals surface area (Å²) in [5, 5.41) is 55.2. The summed E-state index contributed by atoms with van der Waals surface area (Å²) in [6, 6.07) is 21.3. The molecule has 1 fully saturated rings. The van der Waals surface area contributed by atoms with E-state index in [2.05, 4.69) is 68.8 Å². The maximum absolute atomic E-state index is 15.4. The van der Waals surface area contributed by atoms with Gasteiger partial charge in [0.15, 0.2) is 6.17 Å². The van der Waals surface area contributed by atoms with E-state index in [9.17, 15) is 67.7 Å². The van der Waals surface area contributed by atoms with E-state index in [1.165, 1.54) is 101 Å². The molecular formula is C81H102ClN15O16. The molecule has 0 spiro atoms. The SMILES string of the molecule is CC(=O)Nc1ccc(C[C@H](NC(=O)[C@H](CO)NC(=O)[C@@H](Cc2cccnc2)NC(=O)[C@@H](Cc2ccc(Cl)cc2)NC(=O)[C@@H](Cc2ccc3ccccc3c2)NC(C)=O)C(=O)N[C@H](C(=O)N[C@@H](CC(C)C)C(=O)N[C@@H](CCCCNC(C)C)C(=O)N2CCC[C@H]2C(=O)N[C@H](C)C(=O)O)N(C)C(=O)c2ccc(NC(C)=O)cc2)cc1. The van der Waals surface area contributed by atoms with Gasteiger partial charge in [-0.05, 0) is 146 Å².